The lowest BCUT2D eigenvalue weighted by Gasteiger charge is -2.29. The number of rotatable bonds is 4. The van der Waals surface area contributed by atoms with E-state index >= 15 is 0 Å². The summed E-state index contributed by atoms with van der Waals surface area (Å²) in [5.74, 6) is -0.481. The number of nitrogen functional groups attached to an aromatic ring is 1. The highest BCUT2D eigenvalue weighted by atomic mass is 35.5. The third kappa shape index (κ3) is 3.25. The fraction of sp³-hybridized carbons (Fsp3) is 0.333. The minimum Gasteiger partial charge on any atom is -0.382 e. The van der Waals surface area contributed by atoms with Crippen molar-refractivity contribution in [1.29, 1.82) is 0 Å². The monoisotopic (exact) mass is 335 g/mol. The second kappa shape index (κ2) is 6.47. The van der Waals surface area contributed by atoms with E-state index in [4.69, 9.17) is 27.8 Å². The van der Waals surface area contributed by atoms with Gasteiger partial charge in [-0.2, -0.15) is 5.10 Å². The van der Waals surface area contributed by atoms with E-state index in [1.165, 1.54) is 0 Å². The summed E-state index contributed by atoms with van der Waals surface area (Å²) in [4.78, 5) is 13.7. The summed E-state index contributed by atoms with van der Waals surface area (Å²) in [6.07, 6.45) is 0.450. The van der Waals surface area contributed by atoms with Crippen molar-refractivity contribution in [3.05, 3.63) is 40.0 Å². The van der Waals surface area contributed by atoms with Crippen LogP contribution in [0.5, 0.6) is 0 Å². The lowest BCUT2D eigenvalue weighted by molar-refractivity contribution is 0.100. The summed E-state index contributed by atoms with van der Waals surface area (Å²) >= 11 is 6.41. The number of nitrogens with one attached hydrogen (secondary N) is 1. The summed E-state index contributed by atoms with van der Waals surface area (Å²) in [5, 5.41) is 7.26. The van der Waals surface area contributed by atoms with Gasteiger partial charge in [-0.15, -0.1) is 0 Å². The summed E-state index contributed by atoms with van der Waals surface area (Å²) in [5.41, 5.74) is 13.8. The number of anilines is 2. The second-order valence-electron chi connectivity index (χ2n) is 5.39. The van der Waals surface area contributed by atoms with Crippen LogP contribution in [-0.2, 0) is 11.2 Å². The molecule has 1 aliphatic rings. The number of benzene rings is 1. The fourth-order valence-corrected chi connectivity index (χ4v) is 3.04. The van der Waals surface area contributed by atoms with E-state index in [1.54, 1.807) is 0 Å². The normalized spacial score (nSPS) is 14.9. The zero-order valence-corrected chi connectivity index (χ0v) is 13.3. The Morgan fingerprint density at radius 2 is 2.13 bits per heavy atom. The first kappa shape index (κ1) is 15.6. The van der Waals surface area contributed by atoms with Gasteiger partial charge in [-0.25, -0.2) is 0 Å². The average molecular weight is 336 g/mol. The Balaban J connectivity index is 1.82. The highest BCUT2D eigenvalue weighted by Gasteiger charge is 2.18. The molecule has 0 spiro atoms. The quantitative estimate of drug-likeness (QED) is 0.776. The number of ether oxygens (including phenoxy) is 1. The van der Waals surface area contributed by atoms with Crippen molar-refractivity contribution in [2.45, 2.75) is 6.42 Å². The van der Waals surface area contributed by atoms with Crippen molar-refractivity contribution < 1.29 is 9.53 Å². The molecule has 2 heterocycles. The summed E-state index contributed by atoms with van der Waals surface area (Å²) in [6, 6.07) is 5.83. The van der Waals surface area contributed by atoms with Gasteiger partial charge in [0.1, 0.15) is 5.56 Å². The van der Waals surface area contributed by atoms with Gasteiger partial charge in [-0.05, 0) is 17.7 Å². The fourth-order valence-electron chi connectivity index (χ4n) is 2.72. The first-order valence-electron chi connectivity index (χ1n) is 7.30. The molecule has 0 unspecified atom stereocenters. The number of nitrogens with zero attached hydrogens (tertiary/aromatic N) is 2. The van der Waals surface area contributed by atoms with Gasteiger partial charge >= 0.3 is 0 Å². The molecule has 5 N–H and O–H groups in total. The maximum Gasteiger partial charge on any atom is 0.254 e. The largest absolute Gasteiger partial charge is 0.382 e. The van der Waals surface area contributed by atoms with Crippen LogP contribution in [0, 0.1) is 0 Å². The number of morpholine rings is 1. The number of amides is 1. The van der Waals surface area contributed by atoms with E-state index in [-0.39, 0.29) is 11.4 Å². The molecule has 0 bridgehead atoms. The number of primary amides is 1. The minimum atomic E-state index is -0.595. The molecule has 1 saturated heterocycles. The number of nitrogens with two attached hydrogens (primary N) is 2. The van der Waals surface area contributed by atoms with Crippen LogP contribution in [0.3, 0.4) is 0 Å². The first-order chi connectivity index (χ1) is 11.1. The molecule has 1 aromatic heterocycles. The molecule has 1 aromatic carbocycles. The maximum atomic E-state index is 11.5. The Bertz CT molecular complexity index is 725. The third-order valence-corrected chi connectivity index (χ3v) is 4.16. The number of carbonyl (C=O) groups is 1. The molecule has 23 heavy (non-hydrogen) atoms. The molecule has 1 fully saturated rings. The lowest BCUT2D eigenvalue weighted by Crippen LogP contribution is -2.36. The first-order valence-corrected chi connectivity index (χ1v) is 7.67. The van der Waals surface area contributed by atoms with Crippen LogP contribution in [-0.4, -0.2) is 42.4 Å². The van der Waals surface area contributed by atoms with Crippen molar-refractivity contribution in [2.75, 3.05) is 36.9 Å². The Morgan fingerprint density at radius 1 is 1.39 bits per heavy atom. The zero-order valence-electron chi connectivity index (χ0n) is 12.5. The van der Waals surface area contributed by atoms with E-state index < -0.39 is 5.91 Å². The van der Waals surface area contributed by atoms with Gasteiger partial charge in [0.05, 0.1) is 29.6 Å². The Morgan fingerprint density at radius 3 is 2.78 bits per heavy atom. The predicted octanol–water partition coefficient (Wildman–Crippen LogP) is 1.17. The number of halogens is 1. The number of H-pyrrole nitrogens is 1. The molecular weight excluding hydrogens is 318 g/mol. The SMILES string of the molecule is NC(=O)c1c(N)n[nH]c1Cc1ccc(N2CCOCC2)c(Cl)c1. The number of aromatic nitrogens is 2. The van der Waals surface area contributed by atoms with E-state index in [0.29, 0.717) is 30.4 Å². The standard InChI is InChI=1S/C15H18ClN5O2/c16-10-7-9(1-2-12(10)21-3-5-23-6-4-21)8-11-13(15(18)22)14(17)20-19-11/h1-2,7H,3-6,8H2,(H2,18,22)(H3,17,19,20). The van der Waals surface area contributed by atoms with Crippen molar-refractivity contribution in [3.63, 3.8) is 0 Å². The number of hydrogen-bond acceptors (Lipinski definition) is 5. The van der Waals surface area contributed by atoms with Crippen molar-refractivity contribution in [1.82, 2.24) is 10.2 Å². The molecule has 1 amide bonds. The molecule has 0 atom stereocenters. The molecule has 1 aliphatic heterocycles. The van der Waals surface area contributed by atoms with Crippen LogP contribution in [0.15, 0.2) is 18.2 Å². The Labute approximate surface area is 138 Å². The van der Waals surface area contributed by atoms with Crippen LogP contribution in [0.4, 0.5) is 11.5 Å². The van der Waals surface area contributed by atoms with Crippen LogP contribution >= 0.6 is 11.6 Å². The Hall–Kier alpha value is -2.25. The van der Waals surface area contributed by atoms with Gasteiger partial charge in [0.15, 0.2) is 5.82 Å². The van der Waals surface area contributed by atoms with E-state index in [0.717, 1.165) is 24.3 Å². The van der Waals surface area contributed by atoms with Gasteiger partial charge in [-0.3, -0.25) is 9.89 Å². The smallest absolute Gasteiger partial charge is 0.254 e. The van der Waals surface area contributed by atoms with Crippen molar-refractivity contribution in [3.8, 4) is 0 Å². The van der Waals surface area contributed by atoms with Gasteiger partial charge in [-0.1, -0.05) is 17.7 Å². The summed E-state index contributed by atoms with van der Waals surface area (Å²) in [6.45, 7) is 3.05. The van der Waals surface area contributed by atoms with E-state index in [2.05, 4.69) is 15.1 Å². The molecule has 3 rings (SSSR count). The van der Waals surface area contributed by atoms with Gasteiger partial charge in [0.2, 0.25) is 0 Å². The van der Waals surface area contributed by atoms with Crippen LogP contribution in [0.2, 0.25) is 5.02 Å². The summed E-state index contributed by atoms with van der Waals surface area (Å²) < 4.78 is 5.35. The van der Waals surface area contributed by atoms with Crippen LogP contribution < -0.4 is 16.4 Å². The molecular formula is C15H18ClN5O2. The average Bonchev–Trinajstić information content (AvgIpc) is 2.89. The van der Waals surface area contributed by atoms with Crippen molar-refractivity contribution in [2.24, 2.45) is 5.73 Å². The van der Waals surface area contributed by atoms with Gasteiger partial charge < -0.3 is 21.1 Å². The topological polar surface area (TPSA) is 110 Å². The minimum absolute atomic E-state index is 0.114. The van der Waals surface area contributed by atoms with Crippen molar-refractivity contribution >= 4 is 29.0 Å². The Kier molecular flexibility index (Phi) is 4.40. The molecule has 0 aliphatic carbocycles. The zero-order chi connectivity index (χ0) is 16.4. The van der Waals surface area contributed by atoms with Gasteiger partial charge in [0, 0.05) is 19.5 Å². The molecule has 7 nitrogen and oxygen atoms in total. The highest BCUT2D eigenvalue weighted by Crippen LogP contribution is 2.29. The third-order valence-electron chi connectivity index (χ3n) is 3.86. The van der Waals surface area contributed by atoms with E-state index in [1.807, 2.05) is 18.2 Å². The maximum absolute atomic E-state index is 11.5. The second-order valence-corrected chi connectivity index (χ2v) is 5.80. The number of hydrogen-bond donors (Lipinski definition) is 3. The molecule has 0 saturated carbocycles. The summed E-state index contributed by atoms with van der Waals surface area (Å²) in [7, 11) is 0. The number of aromatic amines is 1. The lowest BCUT2D eigenvalue weighted by atomic mass is 10.1. The van der Waals surface area contributed by atoms with Crippen LogP contribution in [0.25, 0.3) is 0 Å². The number of carbonyl (C=O) groups excluding carboxylic acids is 1. The van der Waals surface area contributed by atoms with E-state index in [9.17, 15) is 4.79 Å². The molecule has 8 heteroatoms. The van der Waals surface area contributed by atoms with Crippen LogP contribution in [0.1, 0.15) is 21.6 Å². The van der Waals surface area contributed by atoms with Gasteiger partial charge in [0.25, 0.3) is 5.91 Å². The molecule has 2 aromatic rings. The highest BCUT2D eigenvalue weighted by molar-refractivity contribution is 6.33. The molecule has 122 valence electrons. The molecule has 0 radical (unpaired) electrons. The predicted molar refractivity (Wildman–Crippen MR) is 88.8 cm³/mol.